The molecule has 1 heterocycles. The fraction of sp³-hybridized carbons (Fsp3) is 0.368. The van der Waals surface area contributed by atoms with Gasteiger partial charge in [-0.1, -0.05) is 24.3 Å². The Morgan fingerprint density at radius 2 is 2.08 bits per heavy atom. The van der Waals surface area contributed by atoms with Crippen LogP contribution >= 0.6 is 0 Å². The van der Waals surface area contributed by atoms with Crippen LogP contribution in [0.2, 0.25) is 0 Å². The van der Waals surface area contributed by atoms with Crippen molar-refractivity contribution in [1.82, 2.24) is 15.2 Å². The van der Waals surface area contributed by atoms with Crippen molar-refractivity contribution in [2.75, 3.05) is 39.0 Å². The van der Waals surface area contributed by atoms with E-state index >= 15 is 0 Å². The molecule has 5 nitrogen and oxygen atoms in total. The molecule has 5 heteroatoms. The molecule has 0 saturated heterocycles. The lowest BCUT2D eigenvalue weighted by Gasteiger charge is -2.22. The zero-order chi connectivity index (χ0) is 17.2. The zero-order valence-corrected chi connectivity index (χ0v) is 14.6. The van der Waals surface area contributed by atoms with E-state index in [0.717, 1.165) is 55.2 Å². The quantitative estimate of drug-likeness (QED) is 0.339. The number of aromatic nitrogens is 1. The third-order valence-corrected chi connectivity index (χ3v) is 3.79. The molecule has 2 rings (SSSR count). The van der Waals surface area contributed by atoms with E-state index < -0.39 is 0 Å². The third-order valence-electron chi connectivity index (χ3n) is 3.79. The minimum absolute atomic E-state index is 0.783. The van der Waals surface area contributed by atoms with Gasteiger partial charge >= 0.3 is 0 Å². The van der Waals surface area contributed by atoms with Gasteiger partial charge in [-0.05, 0) is 31.0 Å². The summed E-state index contributed by atoms with van der Waals surface area (Å²) in [5, 5.41) is 7.87. The number of unbranched alkanes of at least 4 members (excludes halogenated alkanes) is 1. The Kier molecular flexibility index (Phi) is 7.08. The first kappa shape index (κ1) is 17.8. The summed E-state index contributed by atoms with van der Waals surface area (Å²) in [4.78, 5) is 11.1. The van der Waals surface area contributed by atoms with Crippen molar-refractivity contribution in [3.8, 4) is 0 Å². The number of nitrogens with one attached hydrogen (secondary N) is 2. The average molecular weight is 325 g/mol. The molecular formula is C19H27N5. The monoisotopic (exact) mass is 325 g/mol. The van der Waals surface area contributed by atoms with Crippen LogP contribution in [0.1, 0.15) is 12.8 Å². The molecule has 0 saturated carbocycles. The van der Waals surface area contributed by atoms with Crippen LogP contribution in [0.3, 0.4) is 0 Å². The summed E-state index contributed by atoms with van der Waals surface area (Å²) in [6.45, 7) is 6.28. The van der Waals surface area contributed by atoms with Gasteiger partial charge in [-0.15, -0.1) is 6.58 Å². The second-order valence-electron chi connectivity index (χ2n) is 5.64. The van der Waals surface area contributed by atoms with E-state index in [4.69, 9.17) is 0 Å². The van der Waals surface area contributed by atoms with Crippen LogP contribution in [-0.4, -0.2) is 49.6 Å². The van der Waals surface area contributed by atoms with Gasteiger partial charge in [-0.2, -0.15) is 0 Å². The minimum atomic E-state index is 0.783. The highest BCUT2D eigenvalue weighted by Gasteiger charge is 2.04. The molecule has 0 spiro atoms. The van der Waals surface area contributed by atoms with Gasteiger partial charge in [0.15, 0.2) is 5.96 Å². The van der Waals surface area contributed by atoms with Crippen LogP contribution in [-0.2, 0) is 0 Å². The van der Waals surface area contributed by atoms with Crippen molar-refractivity contribution in [2.45, 2.75) is 12.8 Å². The predicted octanol–water partition coefficient (Wildman–Crippen LogP) is 3.12. The Hall–Kier alpha value is -2.56. The van der Waals surface area contributed by atoms with Gasteiger partial charge in [-0.25, -0.2) is 4.98 Å². The van der Waals surface area contributed by atoms with Crippen molar-refractivity contribution in [2.24, 2.45) is 4.99 Å². The standard InChI is InChI=1S/C19H27N5/c1-4-5-8-15-24(3)19(20-2)22-14-13-21-18-12-11-16-9-6-7-10-17(16)23-18/h4,6-7,9-12H,1,5,8,13-15H2,2-3H3,(H,20,22)(H,21,23). The summed E-state index contributed by atoms with van der Waals surface area (Å²) in [7, 11) is 3.86. The van der Waals surface area contributed by atoms with E-state index in [1.54, 1.807) is 0 Å². The van der Waals surface area contributed by atoms with Crippen LogP contribution in [0.25, 0.3) is 10.9 Å². The number of guanidine groups is 1. The number of pyridine rings is 1. The molecule has 0 aliphatic heterocycles. The molecule has 1 aromatic carbocycles. The number of anilines is 1. The first-order valence-electron chi connectivity index (χ1n) is 8.37. The molecule has 128 valence electrons. The summed E-state index contributed by atoms with van der Waals surface area (Å²) in [6.07, 6.45) is 4.06. The van der Waals surface area contributed by atoms with Crippen molar-refractivity contribution < 1.29 is 0 Å². The maximum atomic E-state index is 4.61. The largest absolute Gasteiger partial charge is 0.368 e. The molecule has 24 heavy (non-hydrogen) atoms. The fourth-order valence-corrected chi connectivity index (χ4v) is 2.49. The highest BCUT2D eigenvalue weighted by molar-refractivity contribution is 5.80. The van der Waals surface area contributed by atoms with E-state index in [9.17, 15) is 0 Å². The molecule has 0 aliphatic rings. The summed E-state index contributed by atoms with van der Waals surface area (Å²) < 4.78 is 0. The van der Waals surface area contributed by atoms with Gasteiger partial charge < -0.3 is 15.5 Å². The summed E-state index contributed by atoms with van der Waals surface area (Å²) in [6, 6.07) is 12.2. The summed E-state index contributed by atoms with van der Waals surface area (Å²) >= 11 is 0. The number of benzene rings is 1. The molecule has 0 aliphatic carbocycles. The summed E-state index contributed by atoms with van der Waals surface area (Å²) in [5.74, 6) is 1.80. The normalized spacial score (nSPS) is 11.3. The zero-order valence-electron chi connectivity index (χ0n) is 14.6. The highest BCUT2D eigenvalue weighted by atomic mass is 15.3. The lowest BCUT2D eigenvalue weighted by Crippen LogP contribution is -2.41. The molecule has 1 aromatic heterocycles. The Morgan fingerprint density at radius 3 is 2.88 bits per heavy atom. The molecule has 2 N–H and O–H groups in total. The van der Waals surface area contributed by atoms with Gasteiger partial charge in [0.1, 0.15) is 5.82 Å². The van der Waals surface area contributed by atoms with E-state index in [-0.39, 0.29) is 0 Å². The van der Waals surface area contributed by atoms with Crippen LogP contribution in [0.4, 0.5) is 5.82 Å². The maximum Gasteiger partial charge on any atom is 0.193 e. The fourth-order valence-electron chi connectivity index (χ4n) is 2.49. The molecule has 0 amide bonds. The van der Waals surface area contributed by atoms with E-state index in [0.29, 0.717) is 0 Å². The predicted molar refractivity (Wildman–Crippen MR) is 104 cm³/mol. The molecule has 0 atom stereocenters. The topological polar surface area (TPSA) is 52.5 Å². The first-order valence-corrected chi connectivity index (χ1v) is 8.37. The Labute approximate surface area is 144 Å². The number of allylic oxidation sites excluding steroid dienone is 1. The number of para-hydroxylation sites is 1. The molecule has 0 fully saturated rings. The number of aliphatic imine (C=N–C) groups is 1. The number of hydrogen-bond acceptors (Lipinski definition) is 3. The van der Waals surface area contributed by atoms with Gasteiger partial charge in [0.2, 0.25) is 0 Å². The number of fused-ring (bicyclic) bond motifs is 1. The van der Waals surface area contributed by atoms with Crippen LogP contribution in [0.15, 0.2) is 54.0 Å². The summed E-state index contributed by atoms with van der Waals surface area (Å²) in [5.41, 5.74) is 1.01. The second kappa shape index (κ2) is 9.55. The average Bonchev–Trinajstić information content (AvgIpc) is 2.61. The van der Waals surface area contributed by atoms with Crippen LogP contribution in [0.5, 0.6) is 0 Å². The van der Waals surface area contributed by atoms with E-state index in [1.807, 2.05) is 37.4 Å². The van der Waals surface area contributed by atoms with Crippen molar-refractivity contribution in [1.29, 1.82) is 0 Å². The molecular weight excluding hydrogens is 298 g/mol. The van der Waals surface area contributed by atoms with Crippen LogP contribution < -0.4 is 10.6 Å². The number of nitrogens with zero attached hydrogens (tertiary/aromatic N) is 3. The van der Waals surface area contributed by atoms with Gasteiger partial charge in [0, 0.05) is 39.1 Å². The first-order chi connectivity index (χ1) is 11.7. The number of hydrogen-bond donors (Lipinski definition) is 2. The Bertz CT molecular complexity index is 680. The van der Waals surface area contributed by atoms with Crippen molar-refractivity contribution in [3.05, 3.63) is 49.1 Å². The number of rotatable bonds is 8. The van der Waals surface area contributed by atoms with Crippen molar-refractivity contribution in [3.63, 3.8) is 0 Å². The van der Waals surface area contributed by atoms with E-state index in [2.05, 4.69) is 51.3 Å². The Morgan fingerprint density at radius 1 is 1.25 bits per heavy atom. The smallest absolute Gasteiger partial charge is 0.193 e. The van der Waals surface area contributed by atoms with Crippen LogP contribution in [0, 0.1) is 0 Å². The SMILES string of the molecule is C=CCCCN(C)C(=NC)NCCNc1ccc2ccccc2n1. The molecule has 0 unspecified atom stereocenters. The maximum absolute atomic E-state index is 4.61. The second-order valence-corrected chi connectivity index (χ2v) is 5.64. The van der Waals surface area contributed by atoms with Crippen molar-refractivity contribution >= 4 is 22.7 Å². The van der Waals surface area contributed by atoms with Gasteiger partial charge in [-0.3, -0.25) is 4.99 Å². The van der Waals surface area contributed by atoms with E-state index in [1.165, 1.54) is 0 Å². The molecule has 0 bridgehead atoms. The molecule has 0 radical (unpaired) electrons. The highest BCUT2D eigenvalue weighted by Crippen LogP contribution is 2.14. The Balaban J connectivity index is 1.77. The minimum Gasteiger partial charge on any atom is -0.368 e. The lowest BCUT2D eigenvalue weighted by atomic mass is 10.2. The third kappa shape index (κ3) is 5.26. The molecule has 2 aromatic rings. The lowest BCUT2D eigenvalue weighted by molar-refractivity contribution is 0.471. The van der Waals surface area contributed by atoms with Gasteiger partial charge in [0.05, 0.1) is 5.52 Å². The van der Waals surface area contributed by atoms with Gasteiger partial charge in [0.25, 0.3) is 0 Å².